The fraction of sp³-hybridized carbons (Fsp3) is 0. The molecule has 0 saturated heterocycles. The van der Waals surface area contributed by atoms with Crippen molar-refractivity contribution in [3.05, 3.63) is 13.2 Å². The minimum absolute atomic E-state index is 0. The first kappa shape index (κ1) is 41.7. The monoisotopic (exact) mass is 146 g/mol. The molecule has 0 bridgehead atoms. The zero-order chi connectivity index (χ0) is 2.00. The molecule has 0 aliphatic heterocycles. The molecule has 0 aromatic rings. The Kier molecular flexibility index (Phi) is 401. The Morgan fingerprint density at radius 3 is 0.833 bits per heavy atom. The summed E-state index contributed by atoms with van der Waals surface area (Å²) in [4.78, 5) is 0. The zero-order valence-electron chi connectivity index (χ0n) is 8.24. The van der Waals surface area contributed by atoms with Crippen LogP contribution >= 0.6 is 0 Å². The topological polar surface area (TPSA) is 70.0 Å². The van der Waals surface area contributed by atoms with E-state index in [1.165, 1.54) is 0 Å². The first-order valence-corrected chi connectivity index (χ1v) is 0.500. The van der Waals surface area contributed by atoms with Gasteiger partial charge in [-0.25, -0.2) is 0 Å². The molecular weight excluding hydrogens is 132 g/mol. The van der Waals surface area contributed by atoms with Crippen LogP contribution in [0, 0.1) is 0 Å². The molecule has 2 nitrogen and oxygen atoms in total. The Morgan fingerprint density at radius 2 is 0.833 bits per heavy atom. The van der Waals surface area contributed by atoms with Gasteiger partial charge in [-0.15, -0.1) is 13.2 Å². The number of hydrogen-bond acceptors (Lipinski definition) is 2. The van der Waals surface area contributed by atoms with Crippen LogP contribution in [-0.2, 0) is 0 Å². The Labute approximate surface area is 105 Å². The number of hydrogen-bond donors (Lipinski definition) is 2. The molecule has 0 aliphatic carbocycles. The minimum Gasteiger partial charge on any atom is -1.00 e. The molecular formula is C2H14Ca2N2. The summed E-state index contributed by atoms with van der Waals surface area (Å²) in [7, 11) is 0. The summed E-state index contributed by atoms with van der Waals surface area (Å²) in [5, 5.41) is 0. The summed E-state index contributed by atoms with van der Waals surface area (Å²) < 4.78 is 0. The molecule has 0 aromatic carbocycles. The molecule has 6 N–H and O–H groups in total. The van der Waals surface area contributed by atoms with Crippen molar-refractivity contribution in [3.8, 4) is 0 Å². The second kappa shape index (κ2) is 57.7. The van der Waals surface area contributed by atoms with E-state index >= 15 is 0 Å². The predicted octanol–water partition coefficient (Wildman–Crippen LogP) is 0.815. The smallest absolute Gasteiger partial charge is 1.00 e. The first-order valence-electron chi connectivity index (χ1n) is 0.500. The fourth-order valence-electron chi connectivity index (χ4n) is 0. The van der Waals surface area contributed by atoms with Crippen molar-refractivity contribution >= 4 is 75.5 Å². The standard InChI is InChI=1S/C2H4.2Ca.2H3N.4H/c1-2;;;;;;;;/h1-2H2;;;2*1H3;;;;/q;2*+2;;;4*-1. The van der Waals surface area contributed by atoms with Gasteiger partial charge in [-0.2, -0.15) is 0 Å². The van der Waals surface area contributed by atoms with E-state index in [-0.39, 0.29) is 93.5 Å². The molecule has 0 amide bonds. The Hall–Kier alpha value is 2.18. The fourth-order valence-corrected chi connectivity index (χ4v) is 0. The molecule has 0 atom stereocenters. The van der Waals surface area contributed by atoms with Crippen molar-refractivity contribution in [2.45, 2.75) is 0 Å². The SMILES string of the molecule is C=C.N.N.[Ca+2].[Ca+2].[H-].[H-].[H-].[H-]. The minimum atomic E-state index is 0. The van der Waals surface area contributed by atoms with E-state index in [0.717, 1.165) is 0 Å². The normalized spacial score (nSPS) is 0.667. The quantitative estimate of drug-likeness (QED) is 0.392. The molecule has 0 heterocycles. The van der Waals surface area contributed by atoms with E-state index in [4.69, 9.17) is 0 Å². The average molecular weight is 146 g/mol. The van der Waals surface area contributed by atoms with E-state index in [9.17, 15) is 0 Å². The summed E-state index contributed by atoms with van der Waals surface area (Å²) in [5.74, 6) is 0. The van der Waals surface area contributed by atoms with E-state index in [1.807, 2.05) is 0 Å². The van der Waals surface area contributed by atoms with Crippen LogP contribution in [0.4, 0.5) is 0 Å². The summed E-state index contributed by atoms with van der Waals surface area (Å²) >= 11 is 0. The van der Waals surface area contributed by atoms with Crippen molar-refractivity contribution in [1.82, 2.24) is 12.3 Å². The van der Waals surface area contributed by atoms with Crippen LogP contribution in [0.25, 0.3) is 0 Å². The van der Waals surface area contributed by atoms with E-state index in [0.29, 0.717) is 0 Å². The molecule has 4 heteroatoms. The second-order valence-corrected chi connectivity index (χ2v) is 0. The summed E-state index contributed by atoms with van der Waals surface area (Å²) in [6.07, 6.45) is 0. The van der Waals surface area contributed by atoms with Gasteiger partial charge in [0.15, 0.2) is 0 Å². The molecule has 6 heavy (non-hydrogen) atoms. The largest absolute Gasteiger partial charge is 2.00 e. The van der Waals surface area contributed by atoms with Crippen LogP contribution in [0.1, 0.15) is 5.71 Å². The zero-order valence-corrected chi connectivity index (χ0v) is 8.66. The van der Waals surface area contributed by atoms with Gasteiger partial charge in [0.2, 0.25) is 0 Å². The molecule has 0 aliphatic rings. The Morgan fingerprint density at radius 1 is 0.833 bits per heavy atom. The summed E-state index contributed by atoms with van der Waals surface area (Å²) in [6.45, 7) is 6.00. The van der Waals surface area contributed by atoms with E-state index in [2.05, 4.69) is 13.2 Å². The predicted molar refractivity (Wildman–Crippen MR) is 37.3 cm³/mol. The van der Waals surface area contributed by atoms with E-state index in [1.54, 1.807) is 0 Å². The maximum absolute atomic E-state index is 3.00. The van der Waals surface area contributed by atoms with Gasteiger partial charge >= 0.3 is 75.5 Å². The molecule has 36 valence electrons. The van der Waals surface area contributed by atoms with Gasteiger partial charge in [-0.05, 0) is 0 Å². The van der Waals surface area contributed by atoms with E-state index < -0.39 is 0 Å². The van der Waals surface area contributed by atoms with Gasteiger partial charge in [0.1, 0.15) is 0 Å². The molecule has 0 rings (SSSR count). The van der Waals surface area contributed by atoms with Crippen molar-refractivity contribution in [2.75, 3.05) is 0 Å². The Bertz CT molecular complexity index is 19.2. The van der Waals surface area contributed by atoms with Crippen LogP contribution in [0.3, 0.4) is 0 Å². The molecule has 0 saturated carbocycles. The molecule has 0 unspecified atom stereocenters. The van der Waals surface area contributed by atoms with Crippen LogP contribution < -0.4 is 12.3 Å². The summed E-state index contributed by atoms with van der Waals surface area (Å²) in [5.41, 5.74) is 0. The maximum atomic E-state index is 3.00. The third-order valence-electron chi connectivity index (χ3n) is 0. The third-order valence-corrected chi connectivity index (χ3v) is 0. The van der Waals surface area contributed by atoms with Crippen LogP contribution in [0.2, 0.25) is 0 Å². The second-order valence-electron chi connectivity index (χ2n) is 0. The van der Waals surface area contributed by atoms with Crippen molar-refractivity contribution < 1.29 is 5.71 Å². The molecule has 0 radical (unpaired) electrons. The van der Waals surface area contributed by atoms with Crippen molar-refractivity contribution in [1.29, 1.82) is 0 Å². The van der Waals surface area contributed by atoms with Gasteiger partial charge in [-0.3, -0.25) is 0 Å². The molecule has 0 aromatic heterocycles. The first-order chi connectivity index (χ1) is 1.00. The van der Waals surface area contributed by atoms with Gasteiger partial charge in [0.05, 0.1) is 0 Å². The molecule has 0 fully saturated rings. The van der Waals surface area contributed by atoms with Gasteiger partial charge in [0, 0.05) is 0 Å². The van der Waals surface area contributed by atoms with Gasteiger partial charge < -0.3 is 18.0 Å². The number of rotatable bonds is 0. The van der Waals surface area contributed by atoms with Crippen LogP contribution in [0.5, 0.6) is 0 Å². The van der Waals surface area contributed by atoms with Crippen LogP contribution in [0.15, 0.2) is 13.2 Å². The Balaban J connectivity index is -0.000000000179. The maximum Gasteiger partial charge on any atom is 2.00 e. The van der Waals surface area contributed by atoms with Crippen LogP contribution in [-0.4, -0.2) is 75.5 Å². The summed E-state index contributed by atoms with van der Waals surface area (Å²) in [6, 6.07) is 0. The third kappa shape index (κ3) is 34.9. The van der Waals surface area contributed by atoms with Crippen molar-refractivity contribution in [2.24, 2.45) is 0 Å². The average Bonchev–Trinajstić information content (AvgIpc) is 1.00. The van der Waals surface area contributed by atoms with Gasteiger partial charge in [-0.1, -0.05) is 0 Å². The van der Waals surface area contributed by atoms with Crippen molar-refractivity contribution in [3.63, 3.8) is 0 Å². The van der Waals surface area contributed by atoms with Gasteiger partial charge in [0.25, 0.3) is 0 Å². The molecule has 0 spiro atoms.